The van der Waals surface area contributed by atoms with Crippen molar-refractivity contribution in [3.63, 3.8) is 0 Å². The minimum Gasteiger partial charge on any atom is -0.255 e. The van der Waals surface area contributed by atoms with Gasteiger partial charge >= 0.3 is 0 Å². The number of hydrogen-bond acceptors (Lipinski definition) is 4. The van der Waals surface area contributed by atoms with Crippen LogP contribution in [0.3, 0.4) is 0 Å². The quantitative estimate of drug-likeness (QED) is 0.919. The van der Waals surface area contributed by atoms with E-state index in [-0.39, 0.29) is 4.90 Å². The highest BCUT2D eigenvalue weighted by Crippen LogP contribution is 2.63. The minimum atomic E-state index is -3.69. The van der Waals surface area contributed by atoms with Crippen molar-refractivity contribution in [2.45, 2.75) is 30.6 Å². The number of hydrogen-bond donors (Lipinski definition) is 1. The molecule has 2 aromatic rings. The molecule has 2 aliphatic carbocycles. The van der Waals surface area contributed by atoms with Gasteiger partial charge in [-0.25, -0.2) is 13.6 Å². The Morgan fingerprint density at radius 2 is 1.72 bits per heavy atom. The molecule has 0 atom stereocenters. The average Bonchev–Trinajstić information content (AvgIpc) is 3.25. The van der Waals surface area contributed by atoms with Crippen molar-refractivity contribution < 1.29 is 8.42 Å². The fourth-order valence-electron chi connectivity index (χ4n) is 3.56. The van der Waals surface area contributed by atoms with Crippen molar-refractivity contribution in [1.29, 1.82) is 5.26 Å². The lowest BCUT2D eigenvalue weighted by atomic mass is 9.99. The predicted molar refractivity (Wildman–Crippen MR) is 94.5 cm³/mol. The second-order valence-electron chi connectivity index (χ2n) is 6.92. The van der Waals surface area contributed by atoms with Crippen LogP contribution in [0.5, 0.6) is 0 Å². The van der Waals surface area contributed by atoms with E-state index in [4.69, 9.17) is 10.4 Å². The topological polar surface area (TPSA) is 96.8 Å². The van der Waals surface area contributed by atoms with Crippen LogP contribution >= 0.6 is 0 Å². The van der Waals surface area contributed by atoms with Crippen molar-refractivity contribution in [3.8, 4) is 6.07 Å². The molecule has 126 valence electrons. The van der Waals surface area contributed by atoms with Crippen molar-refractivity contribution in [1.82, 2.24) is 4.98 Å². The smallest absolute Gasteiger partial charge is 0.238 e. The van der Waals surface area contributed by atoms with Crippen LogP contribution in [0.1, 0.15) is 42.5 Å². The lowest BCUT2D eigenvalue weighted by Crippen LogP contribution is -2.11. The van der Waals surface area contributed by atoms with Crippen LogP contribution in [0.4, 0.5) is 0 Å². The molecule has 1 fully saturated rings. The van der Waals surface area contributed by atoms with Crippen molar-refractivity contribution in [3.05, 3.63) is 59.4 Å². The first-order valence-electron chi connectivity index (χ1n) is 8.12. The molecule has 2 N–H and O–H groups in total. The molecule has 4 rings (SSSR count). The van der Waals surface area contributed by atoms with Gasteiger partial charge in [-0.2, -0.15) is 5.26 Å². The molecule has 5 nitrogen and oxygen atoms in total. The van der Waals surface area contributed by atoms with Crippen LogP contribution in [0, 0.1) is 16.7 Å². The molecule has 1 aromatic heterocycles. The third-order valence-electron chi connectivity index (χ3n) is 5.16. The van der Waals surface area contributed by atoms with Crippen LogP contribution in [-0.4, -0.2) is 13.4 Å². The first kappa shape index (κ1) is 16.0. The number of nitrogens with two attached hydrogens (primary N) is 1. The Morgan fingerprint density at radius 3 is 2.24 bits per heavy atom. The van der Waals surface area contributed by atoms with Crippen molar-refractivity contribution >= 4 is 21.2 Å². The summed E-state index contributed by atoms with van der Waals surface area (Å²) in [4.78, 5) is 4.58. The molecule has 0 amide bonds. The fraction of sp³-hybridized carbons (Fsp3) is 0.263. The number of allylic oxidation sites excluding steroid dienone is 2. The Kier molecular flexibility index (Phi) is 3.53. The van der Waals surface area contributed by atoms with Gasteiger partial charge in [-0.1, -0.05) is 12.1 Å². The zero-order valence-corrected chi connectivity index (χ0v) is 14.4. The van der Waals surface area contributed by atoms with E-state index in [1.165, 1.54) is 24.0 Å². The van der Waals surface area contributed by atoms with Gasteiger partial charge in [0.05, 0.1) is 16.2 Å². The molecular weight excluding hydrogens is 334 g/mol. The van der Waals surface area contributed by atoms with E-state index >= 15 is 0 Å². The van der Waals surface area contributed by atoms with Gasteiger partial charge in [0.1, 0.15) is 6.07 Å². The maximum absolute atomic E-state index is 11.5. The van der Waals surface area contributed by atoms with Crippen molar-refractivity contribution in [2.24, 2.45) is 10.6 Å². The van der Waals surface area contributed by atoms with Gasteiger partial charge in [-0.05, 0) is 72.1 Å². The Labute approximate surface area is 146 Å². The summed E-state index contributed by atoms with van der Waals surface area (Å²) < 4.78 is 22.9. The van der Waals surface area contributed by atoms with Crippen molar-refractivity contribution in [2.75, 3.05) is 0 Å². The monoisotopic (exact) mass is 351 g/mol. The molecule has 1 spiro atoms. The molecule has 0 aliphatic heterocycles. The van der Waals surface area contributed by atoms with Gasteiger partial charge < -0.3 is 0 Å². The van der Waals surface area contributed by atoms with E-state index in [1.807, 2.05) is 18.2 Å². The van der Waals surface area contributed by atoms with Crippen LogP contribution in [0.2, 0.25) is 0 Å². The second kappa shape index (κ2) is 5.51. The molecule has 0 bridgehead atoms. The summed E-state index contributed by atoms with van der Waals surface area (Å²) in [5, 5.41) is 14.1. The minimum absolute atomic E-state index is 0.119. The number of nitriles is 1. The average molecular weight is 351 g/mol. The zero-order chi connectivity index (χ0) is 17.7. The molecule has 0 saturated heterocycles. The first-order valence-corrected chi connectivity index (χ1v) is 9.67. The Morgan fingerprint density at radius 1 is 1.04 bits per heavy atom. The number of sulfonamides is 1. The summed E-state index contributed by atoms with van der Waals surface area (Å²) in [5.74, 6) is 0. The molecule has 2 aliphatic rings. The number of aromatic nitrogens is 1. The molecule has 25 heavy (non-hydrogen) atoms. The lowest BCUT2D eigenvalue weighted by molar-refractivity contribution is 0.568. The van der Waals surface area contributed by atoms with E-state index in [0.717, 1.165) is 24.1 Å². The van der Waals surface area contributed by atoms with E-state index in [9.17, 15) is 8.42 Å². The Balaban J connectivity index is 1.76. The van der Waals surface area contributed by atoms with E-state index in [1.54, 1.807) is 24.4 Å². The van der Waals surface area contributed by atoms with Crippen LogP contribution in [0.25, 0.3) is 11.1 Å². The van der Waals surface area contributed by atoms with Gasteiger partial charge in [0, 0.05) is 6.20 Å². The summed E-state index contributed by atoms with van der Waals surface area (Å²) in [6.07, 6.45) is 6.00. The van der Waals surface area contributed by atoms with Gasteiger partial charge in [0.25, 0.3) is 0 Å². The van der Waals surface area contributed by atoms with Gasteiger partial charge in [0.2, 0.25) is 10.0 Å². The summed E-state index contributed by atoms with van der Waals surface area (Å²) in [6.45, 7) is 0. The third kappa shape index (κ3) is 2.97. The van der Waals surface area contributed by atoms with E-state index in [2.05, 4.69) is 11.1 Å². The predicted octanol–water partition coefficient (Wildman–Crippen LogP) is 3.09. The molecule has 1 saturated carbocycles. The van der Waals surface area contributed by atoms with E-state index < -0.39 is 10.0 Å². The summed E-state index contributed by atoms with van der Waals surface area (Å²) in [7, 11) is -3.69. The lowest BCUT2D eigenvalue weighted by Gasteiger charge is -2.08. The Hall–Kier alpha value is -2.49. The first-order chi connectivity index (χ1) is 11.9. The number of benzene rings is 1. The number of nitrogens with zero attached hydrogens (tertiary/aromatic N) is 2. The van der Waals surface area contributed by atoms with Crippen LogP contribution in [-0.2, 0) is 10.0 Å². The second-order valence-corrected chi connectivity index (χ2v) is 8.49. The third-order valence-corrected chi connectivity index (χ3v) is 6.09. The zero-order valence-electron chi connectivity index (χ0n) is 13.6. The summed E-state index contributed by atoms with van der Waals surface area (Å²) in [5.41, 5.74) is 5.22. The van der Waals surface area contributed by atoms with Gasteiger partial charge in [-0.3, -0.25) is 4.98 Å². The SMILES string of the molecule is N#Cc1ccc(C2=C(c3ccc(S(N)(=O)=O)cc3)CC3(CC3)C2)nc1. The maximum Gasteiger partial charge on any atom is 0.238 e. The molecule has 6 heteroatoms. The fourth-order valence-corrected chi connectivity index (χ4v) is 4.08. The highest BCUT2D eigenvalue weighted by Gasteiger charge is 2.48. The number of pyridine rings is 1. The number of primary sulfonamides is 1. The Bertz CT molecular complexity index is 1010. The normalized spacial score (nSPS) is 18.4. The summed E-state index contributed by atoms with van der Waals surface area (Å²) >= 11 is 0. The molecule has 0 radical (unpaired) electrons. The molecule has 1 heterocycles. The largest absolute Gasteiger partial charge is 0.255 e. The van der Waals surface area contributed by atoms with Crippen LogP contribution < -0.4 is 5.14 Å². The molecule has 0 unspecified atom stereocenters. The highest BCUT2D eigenvalue weighted by molar-refractivity contribution is 7.89. The standard InChI is InChI=1S/C19H17N3O2S/c20-11-13-1-6-18(22-12-13)17-10-19(7-8-19)9-16(17)14-2-4-15(5-3-14)25(21,23)24/h1-6,12H,7-10H2,(H2,21,23,24). The highest BCUT2D eigenvalue weighted by atomic mass is 32.2. The summed E-state index contributed by atoms with van der Waals surface area (Å²) in [6, 6.07) is 12.5. The van der Waals surface area contributed by atoms with Gasteiger partial charge in [-0.15, -0.1) is 0 Å². The van der Waals surface area contributed by atoms with E-state index in [0.29, 0.717) is 11.0 Å². The molecule has 1 aromatic carbocycles. The maximum atomic E-state index is 11.5. The molecular formula is C19H17N3O2S. The van der Waals surface area contributed by atoms with Gasteiger partial charge in [0.15, 0.2) is 0 Å². The number of rotatable bonds is 3. The van der Waals surface area contributed by atoms with Crippen LogP contribution in [0.15, 0.2) is 47.5 Å².